The van der Waals surface area contributed by atoms with E-state index in [1.165, 1.54) is 71.1 Å². The van der Waals surface area contributed by atoms with Gasteiger partial charge >= 0.3 is 17.9 Å². The third-order valence-electron chi connectivity index (χ3n) is 6.65. The summed E-state index contributed by atoms with van der Waals surface area (Å²) in [5, 5.41) is 8.94. The molecule has 0 aromatic heterocycles. The van der Waals surface area contributed by atoms with Crippen molar-refractivity contribution in [1.29, 1.82) is 0 Å². The summed E-state index contributed by atoms with van der Waals surface area (Å²) in [5.74, 6) is -0.808. The van der Waals surface area contributed by atoms with Gasteiger partial charge in [-0.05, 0) is 85.5 Å². The number of aliphatic hydroxyl groups excluding tert-OH is 1. The van der Waals surface area contributed by atoms with Crippen LogP contribution in [0.3, 0.4) is 0 Å². The van der Waals surface area contributed by atoms with Crippen LogP contribution in [0.2, 0.25) is 0 Å². The summed E-state index contributed by atoms with van der Waals surface area (Å²) in [7, 11) is 0. The zero-order valence-corrected chi connectivity index (χ0v) is 29.6. The van der Waals surface area contributed by atoms with Crippen molar-refractivity contribution in [3.63, 3.8) is 0 Å². The summed E-state index contributed by atoms with van der Waals surface area (Å²) in [5.41, 5.74) is 5.17. The molecule has 44 heavy (non-hydrogen) atoms. The Labute approximate surface area is 273 Å². The number of ether oxygens (including phenoxy) is 3. The van der Waals surface area contributed by atoms with Crippen molar-refractivity contribution in [1.82, 2.24) is 0 Å². The van der Waals surface area contributed by atoms with Gasteiger partial charge in [-0.1, -0.05) is 83.6 Å². The first-order valence-electron chi connectivity index (χ1n) is 16.3. The van der Waals surface area contributed by atoms with E-state index < -0.39 is 34.8 Å². The second-order valence-electron chi connectivity index (χ2n) is 13.3. The van der Waals surface area contributed by atoms with Crippen LogP contribution >= 0.6 is 12.4 Å². The minimum absolute atomic E-state index is 0. The number of hydrogen-bond acceptors (Lipinski definition) is 8. The fourth-order valence-corrected chi connectivity index (χ4v) is 3.78. The van der Waals surface area contributed by atoms with Crippen LogP contribution < -0.4 is 15.2 Å². The molecule has 0 heterocycles. The smallest absolute Gasteiger partial charge is 0.334 e. The third-order valence-corrected chi connectivity index (χ3v) is 6.65. The largest absolute Gasteiger partial charge is 0.464 e. The molecule has 0 fully saturated rings. The van der Waals surface area contributed by atoms with Gasteiger partial charge < -0.3 is 25.1 Å². The lowest BCUT2D eigenvalue weighted by molar-refractivity contribution is -0.152. The Morgan fingerprint density at radius 1 is 0.750 bits per heavy atom. The van der Waals surface area contributed by atoms with Gasteiger partial charge in [0.05, 0.1) is 17.4 Å². The van der Waals surface area contributed by atoms with Gasteiger partial charge in [-0.2, -0.15) is 0 Å². The highest BCUT2D eigenvalue weighted by Gasteiger charge is 2.28. The quantitative estimate of drug-likeness (QED) is 0.0933. The number of carbonyl (C=O) groups excluding carboxylic acids is 3. The van der Waals surface area contributed by atoms with Gasteiger partial charge in [-0.15, -0.1) is 12.4 Å². The van der Waals surface area contributed by atoms with Crippen LogP contribution in [0.25, 0.3) is 0 Å². The molecule has 1 atom stereocenters. The van der Waals surface area contributed by atoms with Crippen LogP contribution in [0, 0.1) is 10.8 Å². The van der Waals surface area contributed by atoms with E-state index in [4.69, 9.17) is 25.1 Å². The number of hydrogen-bond donors (Lipinski definition) is 2. The van der Waals surface area contributed by atoms with Gasteiger partial charge in [-0.3, -0.25) is 9.59 Å². The molecule has 0 aliphatic carbocycles. The third kappa shape index (κ3) is 21.5. The topological polar surface area (TPSA) is 125 Å². The standard InChI is InChI=1S/C18H27NO4.C17H34O3.ClH/c1-17(2,3)15(20)22-13-8-7-12(9-10-19)11-14(13)23-16(21)18(4,5)6;1-3-4-5-6-7-8-9-10-11-12-13-14-15-20-17(19)16(2)18;/h7-8,11H,9-10,19H2,1-6H3;16,18H,3-15H2,1-2H3;1H. The first-order valence-corrected chi connectivity index (χ1v) is 16.3. The van der Waals surface area contributed by atoms with Crippen LogP contribution in [0.4, 0.5) is 0 Å². The molecular formula is C35H62ClNO7. The number of aliphatic hydroxyl groups is 1. The van der Waals surface area contributed by atoms with Crippen LogP contribution in [-0.4, -0.2) is 42.3 Å². The summed E-state index contributed by atoms with van der Waals surface area (Å²) >= 11 is 0. The predicted octanol–water partition coefficient (Wildman–Crippen LogP) is 8.12. The second kappa shape index (κ2) is 24.1. The van der Waals surface area contributed by atoms with E-state index in [9.17, 15) is 14.4 Å². The molecule has 1 aromatic carbocycles. The van der Waals surface area contributed by atoms with E-state index in [0.29, 0.717) is 19.6 Å². The van der Waals surface area contributed by atoms with Crippen molar-refractivity contribution in [2.45, 2.75) is 145 Å². The summed E-state index contributed by atoms with van der Waals surface area (Å²) in [4.78, 5) is 35.2. The maximum Gasteiger partial charge on any atom is 0.334 e. The van der Waals surface area contributed by atoms with Crippen molar-refractivity contribution >= 4 is 30.3 Å². The maximum atomic E-state index is 12.2. The molecule has 0 spiro atoms. The minimum atomic E-state index is -0.993. The fraction of sp³-hybridized carbons (Fsp3) is 0.743. The molecule has 256 valence electrons. The molecular weight excluding hydrogens is 582 g/mol. The van der Waals surface area contributed by atoms with E-state index in [1.807, 2.05) is 6.07 Å². The fourth-order valence-electron chi connectivity index (χ4n) is 3.78. The van der Waals surface area contributed by atoms with E-state index in [0.717, 1.165) is 18.4 Å². The van der Waals surface area contributed by atoms with E-state index in [-0.39, 0.29) is 23.9 Å². The van der Waals surface area contributed by atoms with Crippen molar-refractivity contribution in [3.05, 3.63) is 23.8 Å². The highest BCUT2D eigenvalue weighted by atomic mass is 35.5. The number of esters is 3. The Kier molecular flexibility index (Phi) is 24.1. The van der Waals surface area contributed by atoms with Crippen molar-refractivity contribution in [2.24, 2.45) is 16.6 Å². The van der Waals surface area contributed by atoms with Crippen molar-refractivity contribution < 1.29 is 33.7 Å². The molecule has 0 radical (unpaired) electrons. The lowest BCUT2D eigenvalue weighted by atomic mass is 9.97. The summed E-state index contributed by atoms with van der Waals surface area (Å²) in [6.45, 7) is 15.2. The van der Waals surface area contributed by atoms with Crippen molar-refractivity contribution in [3.8, 4) is 11.5 Å². The lowest BCUT2D eigenvalue weighted by Crippen LogP contribution is -2.28. The number of carbonyl (C=O) groups is 3. The molecule has 0 saturated heterocycles. The van der Waals surface area contributed by atoms with E-state index in [2.05, 4.69) is 6.92 Å². The number of benzene rings is 1. The lowest BCUT2D eigenvalue weighted by Gasteiger charge is -2.20. The van der Waals surface area contributed by atoms with Gasteiger partial charge in [-0.25, -0.2) is 4.79 Å². The zero-order valence-electron chi connectivity index (χ0n) is 28.8. The highest BCUT2D eigenvalue weighted by Crippen LogP contribution is 2.32. The molecule has 9 heteroatoms. The minimum Gasteiger partial charge on any atom is -0.464 e. The normalized spacial score (nSPS) is 11.9. The first kappa shape index (κ1) is 44.0. The average molecular weight is 644 g/mol. The molecule has 0 saturated carbocycles. The SMILES string of the molecule is CC(C)(C)C(=O)Oc1ccc(CCN)cc1OC(=O)C(C)(C)C.CCCCCCCCCCCCCCOC(=O)C(C)O.Cl. The predicted molar refractivity (Wildman–Crippen MR) is 180 cm³/mol. The number of halogens is 1. The zero-order chi connectivity index (χ0) is 32.9. The summed E-state index contributed by atoms with van der Waals surface area (Å²) in [6.07, 6.45) is 15.2. The summed E-state index contributed by atoms with van der Waals surface area (Å²) < 4.78 is 15.8. The van der Waals surface area contributed by atoms with Gasteiger partial charge in [0.15, 0.2) is 11.5 Å². The average Bonchev–Trinajstić information content (AvgIpc) is 2.92. The molecule has 1 aromatic rings. The van der Waals surface area contributed by atoms with Crippen molar-refractivity contribution in [2.75, 3.05) is 13.2 Å². The Hall–Kier alpha value is -2.16. The first-order chi connectivity index (χ1) is 20.1. The number of unbranched alkanes of at least 4 members (excludes halogenated alkanes) is 11. The molecule has 1 unspecified atom stereocenters. The van der Waals surface area contributed by atoms with Crippen LogP contribution in [0.5, 0.6) is 11.5 Å². The molecule has 0 aliphatic rings. The van der Waals surface area contributed by atoms with Crippen LogP contribution in [0.15, 0.2) is 18.2 Å². The van der Waals surface area contributed by atoms with Gasteiger partial charge in [0.1, 0.15) is 6.10 Å². The van der Waals surface area contributed by atoms with Gasteiger partial charge in [0.2, 0.25) is 0 Å². The number of rotatable bonds is 18. The van der Waals surface area contributed by atoms with Crippen LogP contribution in [0.1, 0.15) is 138 Å². The second-order valence-corrected chi connectivity index (χ2v) is 13.3. The monoisotopic (exact) mass is 643 g/mol. The maximum absolute atomic E-state index is 12.2. The molecule has 8 nitrogen and oxygen atoms in total. The molecule has 0 amide bonds. The van der Waals surface area contributed by atoms with E-state index >= 15 is 0 Å². The number of nitrogens with two attached hydrogens (primary N) is 1. The molecule has 0 bridgehead atoms. The molecule has 0 aliphatic heterocycles. The molecule has 3 N–H and O–H groups in total. The summed E-state index contributed by atoms with van der Waals surface area (Å²) in [6, 6.07) is 5.15. The Balaban J connectivity index is 0. The Morgan fingerprint density at radius 2 is 1.18 bits per heavy atom. The van der Waals surface area contributed by atoms with E-state index in [1.54, 1.807) is 53.7 Å². The van der Waals surface area contributed by atoms with Gasteiger partial charge in [0.25, 0.3) is 0 Å². The van der Waals surface area contributed by atoms with Gasteiger partial charge in [0, 0.05) is 0 Å². The Bertz CT molecular complexity index is 936. The molecule has 1 rings (SSSR count). The van der Waals surface area contributed by atoms with Crippen LogP contribution in [-0.2, 0) is 25.5 Å². The highest BCUT2D eigenvalue weighted by molar-refractivity contribution is 5.85. The Morgan fingerprint density at radius 3 is 1.59 bits per heavy atom.